The van der Waals surface area contributed by atoms with Crippen molar-refractivity contribution in [2.24, 2.45) is 0 Å². The van der Waals surface area contributed by atoms with Gasteiger partial charge in [-0.05, 0) is 23.6 Å². The minimum absolute atomic E-state index is 0.00309. The second kappa shape index (κ2) is 5.57. The molecule has 2 N–H and O–H groups in total. The van der Waals surface area contributed by atoms with Crippen LogP contribution < -0.4 is 4.90 Å². The van der Waals surface area contributed by atoms with Crippen molar-refractivity contribution in [3.05, 3.63) is 30.5 Å². The molecule has 1 unspecified atom stereocenters. The van der Waals surface area contributed by atoms with Crippen LogP contribution >= 0.6 is 0 Å². The molecule has 2 aromatic rings. The third-order valence-corrected chi connectivity index (χ3v) is 3.64. The number of rotatable bonds is 3. The lowest BCUT2D eigenvalue weighted by atomic mass is 10.1. The van der Waals surface area contributed by atoms with E-state index in [1.807, 2.05) is 17.0 Å². The molecular weight excluding hydrogens is 272 g/mol. The van der Waals surface area contributed by atoms with Crippen molar-refractivity contribution in [1.29, 1.82) is 0 Å². The lowest BCUT2D eigenvalue weighted by Crippen LogP contribution is -2.47. The molecule has 1 atom stereocenters. The summed E-state index contributed by atoms with van der Waals surface area (Å²) in [4.78, 5) is 17.4. The SMILES string of the molecule is O=C(O)CC1COCCN1c1nccc2ccc(O)cc12. The van der Waals surface area contributed by atoms with Crippen LogP contribution in [0.2, 0.25) is 0 Å². The number of anilines is 1. The first-order valence-electron chi connectivity index (χ1n) is 6.79. The van der Waals surface area contributed by atoms with Crippen molar-refractivity contribution in [2.45, 2.75) is 12.5 Å². The van der Waals surface area contributed by atoms with Gasteiger partial charge in [0.25, 0.3) is 0 Å². The van der Waals surface area contributed by atoms with Crippen LogP contribution in [-0.2, 0) is 9.53 Å². The molecule has 0 aliphatic carbocycles. The highest BCUT2D eigenvalue weighted by atomic mass is 16.5. The molecule has 6 nitrogen and oxygen atoms in total. The van der Waals surface area contributed by atoms with Gasteiger partial charge >= 0.3 is 5.97 Å². The molecular formula is C15H16N2O4. The van der Waals surface area contributed by atoms with Crippen molar-refractivity contribution in [2.75, 3.05) is 24.7 Å². The smallest absolute Gasteiger partial charge is 0.305 e. The number of carboxylic acid groups (broad SMARTS) is 1. The molecule has 1 aliphatic rings. The fourth-order valence-corrected chi connectivity index (χ4v) is 2.67. The van der Waals surface area contributed by atoms with Gasteiger partial charge < -0.3 is 19.8 Å². The summed E-state index contributed by atoms with van der Waals surface area (Å²) < 4.78 is 5.39. The van der Waals surface area contributed by atoms with Crippen LogP contribution in [0.1, 0.15) is 6.42 Å². The summed E-state index contributed by atoms with van der Waals surface area (Å²) in [5, 5.41) is 20.5. The standard InChI is InChI=1S/C15H16N2O4/c18-12-2-1-10-3-4-16-15(13(10)8-12)17-5-6-21-9-11(17)7-14(19)20/h1-4,8,11,18H,5-7,9H2,(H,19,20). The highest BCUT2D eigenvalue weighted by Crippen LogP contribution is 2.30. The zero-order chi connectivity index (χ0) is 14.8. The number of fused-ring (bicyclic) bond motifs is 1. The number of benzene rings is 1. The summed E-state index contributed by atoms with van der Waals surface area (Å²) in [6.07, 6.45) is 1.69. The summed E-state index contributed by atoms with van der Waals surface area (Å²) in [5.74, 6) is -0.00340. The molecule has 0 spiro atoms. The van der Waals surface area contributed by atoms with Crippen molar-refractivity contribution < 1.29 is 19.7 Å². The molecule has 2 heterocycles. The van der Waals surface area contributed by atoms with Gasteiger partial charge in [0, 0.05) is 18.1 Å². The number of nitrogens with zero attached hydrogens (tertiary/aromatic N) is 2. The Labute approximate surface area is 121 Å². The fraction of sp³-hybridized carbons (Fsp3) is 0.333. The Morgan fingerprint density at radius 1 is 1.43 bits per heavy atom. The maximum atomic E-state index is 11.0. The number of hydrogen-bond donors (Lipinski definition) is 2. The normalized spacial score (nSPS) is 18.9. The Bertz CT molecular complexity index is 674. The molecule has 0 radical (unpaired) electrons. The number of hydrogen-bond acceptors (Lipinski definition) is 5. The predicted molar refractivity (Wildman–Crippen MR) is 77.6 cm³/mol. The zero-order valence-electron chi connectivity index (χ0n) is 11.4. The first-order valence-corrected chi connectivity index (χ1v) is 6.79. The third-order valence-electron chi connectivity index (χ3n) is 3.64. The van der Waals surface area contributed by atoms with Gasteiger partial charge in [0.2, 0.25) is 0 Å². The van der Waals surface area contributed by atoms with Gasteiger partial charge in [0.15, 0.2) is 0 Å². The topological polar surface area (TPSA) is 82.9 Å². The van der Waals surface area contributed by atoms with Crippen LogP contribution in [0.5, 0.6) is 5.75 Å². The molecule has 0 bridgehead atoms. The Kier molecular flexibility index (Phi) is 3.62. The summed E-state index contributed by atoms with van der Waals surface area (Å²) in [5.41, 5.74) is 0. The molecule has 1 saturated heterocycles. The molecule has 1 fully saturated rings. The van der Waals surface area contributed by atoms with E-state index in [1.54, 1.807) is 18.3 Å². The minimum Gasteiger partial charge on any atom is -0.508 e. The Hall–Kier alpha value is -2.34. The van der Waals surface area contributed by atoms with Crippen LogP contribution in [0.4, 0.5) is 5.82 Å². The van der Waals surface area contributed by atoms with Crippen molar-refractivity contribution >= 4 is 22.6 Å². The number of aromatic hydroxyl groups is 1. The number of carboxylic acids is 1. The number of aromatic nitrogens is 1. The van der Waals surface area contributed by atoms with Gasteiger partial charge in [-0.3, -0.25) is 4.79 Å². The third kappa shape index (κ3) is 2.75. The summed E-state index contributed by atoms with van der Waals surface area (Å²) >= 11 is 0. The summed E-state index contributed by atoms with van der Waals surface area (Å²) in [6, 6.07) is 6.72. The number of phenols is 1. The van der Waals surface area contributed by atoms with Crippen LogP contribution in [0.25, 0.3) is 10.8 Å². The molecule has 3 rings (SSSR count). The summed E-state index contributed by atoms with van der Waals surface area (Å²) in [6.45, 7) is 1.48. The zero-order valence-corrected chi connectivity index (χ0v) is 11.4. The van der Waals surface area contributed by atoms with E-state index in [4.69, 9.17) is 9.84 Å². The molecule has 21 heavy (non-hydrogen) atoms. The van der Waals surface area contributed by atoms with Gasteiger partial charge in [0.1, 0.15) is 11.6 Å². The van der Waals surface area contributed by atoms with E-state index >= 15 is 0 Å². The number of phenolic OH excluding ortho intramolecular Hbond substituents is 1. The number of ether oxygens (including phenoxy) is 1. The lowest BCUT2D eigenvalue weighted by molar-refractivity contribution is -0.138. The average Bonchev–Trinajstić information content (AvgIpc) is 2.47. The molecule has 6 heteroatoms. The van der Waals surface area contributed by atoms with Crippen molar-refractivity contribution in [1.82, 2.24) is 4.98 Å². The quantitative estimate of drug-likeness (QED) is 0.893. The van der Waals surface area contributed by atoms with Gasteiger partial charge in [-0.25, -0.2) is 4.98 Å². The average molecular weight is 288 g/mol. The first-order chi connectivity index (χ1) is 10.1. The second-order valence-electron chi connectivity index (χ2n) is 5.06. The molecule has 1 aromatic carbocycles. The van der Waals surface area contributed by atoms with Crippen molar-refractivity contribution in [3.63, 3.8) is 0 Å². The van der Waals surface area contributed by atoms with Crippen LogP contribution in [0.15, 0.2) is 30.5 Å². The Morgan fingerprint density at radius 3 is 3.10 bits per heavy atom. The Morgan fingerprint density at radius 2 is 2.29 bits per heavy atom. The van der Waals surface area contributed by atoms with Gasteiger partial charge in [-0.1, -0.05) is 6.07 Å². The van der Waals surface area contributed by atoms with E-state index in [-0.39, 0.29) is 18.2 Å². The van der Waals surface area contributed by atoms with E-state index in [0.717, 1.165) is 10.8 Å². The van der Waals surface area contributed by atoms with Crippen LogP contribution in [-0.4, -0.2) is 47.0 Å². The van der Waals surface area contributed by atoms with Crippen LogP contribution in [0.3, 0.4) is 0 Å². The van der Waals surface area contributed by atoms with E-state index < -0.39 is 5.97 Å². The number of morpholine rings is 1. The second-order valence-corrected chi connectivity index (χ2v) is 5.06. The highest BCUT2D eigenvalue weighted by Gasteiger charge is 2.27. The predicted octanol–water partition coefficient (Wildman–Crippen LogP) is 1.62. The van der Waals surface area contributed by atoms with Crippen molar-refractivity contribution in [3.8, 4) is 5.75 Å². The van der Waals surface area contributed by atoms with Crippen LogP contribution in [0, 0.1) is 0 Å². The molecule has 1 aliphatic heterocycles. The minimum atomic E-state index is -0.862. The van der Waals surface area contributed by atoms with Gasteiger partial charge in [-0.15, -0.1) is 0 Å². The van der Waals surface area contributed by atoms with E-state index in [0.29, 0.717) is 25.6 Å². The lowest BCUT2D eigenvalue weighted by Gasteiger charge is -2.36. The highest BCUT2D eigenvalue weighted by molar-refractivity contribution is 5.93. The molecule has 0 amide bonds. The van der Waals surface area contributed by atoms with E-state index in [2.05, 4.69) is 4.98 Å². The van der Waals surface area contributed by atoms with Gasteiger partial charge in [0.05, 0.1) is 25.7 Å². The van der Waals surface area contributed by atoms with E-state index in [9.17, 15) is 9.90 Å². The first kappa shape index (κ1) is 13.6. The largest absolute Gasteiger partial charge is 0.508 e. The number of aliphatic carboxylic acids is 1. The molecule has 0 saturated carbocycles. The molecule has 110 valence electrons. The monoisotopic (exact) mass is 288 g/mol. The number of carbonyl (C=O) groups is 1. The molecule has 1 aromatic heterocycles. The maximum Gasteiger partial charge on any atom is 0.305 e. The van der Waals surface area contributed by atoms with Gasteiger partial charge in [-0.2, -0.15) is 0 Å². The fourth-order valence-electron chi connectivity index (χ4n) is 2.67. The maximum absolute atomic E-state index is 11.0. The summed E-state index contributed by atoms with van der Waals surface area (Å²) in [7, 11) is 0. The van der Waals surface area contributed by atoms with E-state index in [1.165, 1.54) is 0 Å². The number of pyridine rings is 1. The Balaban J connectivity index is 2.04.